The van der Waals surface area contributed by atoms with Crippen molar-refractivity contribution in [1.82, 2.24) is 15.1 Å². The summed E-state index contributed by atoms with van der Waals surface area (Å²) < 4.78 is 0. The van der Waals surface area contributed by atoms with Gasteiger partial charge in [-0.15, -0.1) is 0 Å². The fourth-order valence-corrected chi connectivity index (χ4v) is 3.11. The predicted octanol–water partition coefficient (Wildman–Crippen LogP) is 2.66. The van der Waals surface area contributed by atoms with Gasteiger partial charge in [0.25, 0.3) is 11.5 Å². The molecule has 1 atom stereocenters. The SMILES string of the molecule is O=C(c1ccc(=O)[nH]n1)N1CCCCC1Cc1ccc(Cl)cc1. The van der Waals surface area contributed by atoms with Gasteiger partial charge in [0.1, 0.15) is 5.69 Å². The van der Waals surface area contributed by atoms with Gasteiger partial charge in [0.15, 0.2) is 0 Å². The number of aromatic nitrogens is 2. The molecule has 0 aliphatic carbocycles. The van der Waals surface area contributed by atoms with Gasteiger partial charge >= 0.3 is 0 Å². The van der Waals surface area contributed by atoms with Gasteiger partial charge in [-0.2, -0.15) is 5.10 Å². The molecule has 3 rings (SSSR count). The van der Waals surface area contributed by atoms with Crippen molar-refractivity contribution in [2.45, 2.75) is 31.7 Å². The molecule has 0 saturated carbocycles. The standard InChI is InChI=1S/C17H18ClN3O2/c18-13-6-4-12(5-7-13)11-14-3-1-2-10-21(14)17(23)15-8-9-16(22)20-19-15/h4-9,14H,1-3,10-11H2,(H,20,22). The summed E-state index contributed by atoms with van der Waals surface area (Å²) in [5.74, 6) is -0.125. The second-order valence-corrected chi connectivity index (χ2v) is 6.22. The number of H-pyrrole nitrogens is 1. The molecule has 5 nitrogen and oxygen atoms in total. The number of benzene rings is 1. The van der Waals surface area contributed by atoms with Crippen molar-refractivity contribution in [3.8, 4) is 0 Å². The molecule has 6 heteroatoms. The van der Waals surface area contributed by atoms with Gasteiger partial charge in [-0.3, -0.25) is 9.59 Å². The van der Waals surface area contributed by atoms with E-state index in [4.69, 9.17) is 11.6 Å². The molecule has 1 aliphatic rings. The normalized spacial score (nSPS) is 18.0. The topological polar surface area (TPSA) is 66.1 Å². The zero-order chi connectivity index (χ0) is 16.2. The Balaban J connectivity index is 1.77. The van der Waals surface area contributed by atoms with Crippen LogP contribution in [0, 0.1) is 0 Å². The number of likely N-dealkylation sites (tertiary alicyclic amines) is 1. The lowest BCUT2D eigenvalue weighted by Gasteiger charge is -2.35. The van der Waals surface area contributed by atoms with Crippen molar-refractivity contribution in [1.29, 1.82) is 0 Å². The fraction of sp³-hybridized carbons (Fsp3) is 0.353. The van der Waals surface area contributed by atoms with E-state index in [9.17, 15) is 9.59 Å². The maximum atomic E-state index is 12.7. The van der Waals surface area contributed by atoms with Crippen LogP contribution in [0.15, 0.2) is 41.2 Å². The first-order chi connectivity index (χ1) is 11.1. The van der Waals surface area contributed by atoms with E-state index in [0.717, 1.165) is 37.8 Å². The number of nitrogens with one attached hydrogen (secondary N) is 1. The summed E-state index contributed by atoms with van der Waals surface area (Å²) in [5.41, 5.74) is 1.14. The molecule has 0 spiro atoms. The quantitative estimate of drug-likeness (QED) is 0.940. The van der Waals surface area contributed by atoms with Crippen molar-refractivity contribution in [2.75, 3.05) is 6.54 Å². The van der Waals surface area contributed by atoms with Crippen LogP contribution in [0.3, 0.4) is 0 Å². The van der Waals surface area contributed by atoms with Crippen LogP contribution in [0.1, 0.15) is 35.3 Å². The highest BCUT2D eigenvalue weighted by Gasteiger charge is 2.28. The molecule has 1 aliphatic heterocycles. The van der Waals surface area contributed by atoms with E-state index in [0.29, 0.717) is 5.02 Å². The minimum Gasteiger partial charge on any atom is -0.334 e. The number of aromatic amines is 1. The third-order valence-corrected chi connectivity index (χ3v) is 4.42. The number of rotatable bonds is 3. The highest BCUT2D eigenvalue weighted by atomic mass is 35.5. The van der Waals surface area contributed by atoms with Gasteiger partial charge in [0, 0.05) is 23.7 Å². The lowest BCUT2D eigenvalue weighted by molar-refractivity contribution is 0.0606. The molecule has 1 fully saturated rings. The Morgan fingerprint density at radius 3 is 2.70 bits per heavy atom. The number of hydrogen-bond acceptors (Lipinski definition) is 3. The maximum absolute atomic E-state index is 12.7. The molecule has 1 amide bonds. The fourth-order valence-electron chi connectivity index (χ4n) is 2.98. The van der Waals surface area contributed by atoms with Crippen LogP contribution in [-0.4, -0.2) is 33.6 Å². The zero-order valence-corrected chi connectivity index (χ0v) is 13.4. The Morgan fingerprint density at radius 1 is 1.22 bits per heavy atom. The van der Waals surface area contributed by atoms with E-state index >= 15 is 0 Å². The molecule has 0 radical (unpaired) electrons. The second kappa shape index (κ2) is 6.96. The van der Waals surface area contributed by atoms with E-state index < -0.39 is 0 Å². The first-order valence-corrected chi connectivity index (χ1v) is 8.12. The van der Waals surface area contributed by atoms with E-state index in [1.807, 2.05) is 29.2 Å². The monoisotopic (exact) mass is 331 g/mol. The van der Waals surface area contributed by atoms with Crippen LogP contribution >= 0.6 is 11.6 Å². The largest absolute Gasteiger partial charge is 0.334 e. The van der Waals surface area contributed by atoms with Crippen LogP contribution in [0.25, 0.3) is 0 Å². The summed E-state index contributed by atoms with van der Waals surface area (Å²) in [5, 5.41) is 6.89. The lowest BCUT2D eigenvalue weighted by atomic mass is 9.95. The van der Waals surface area contributed by atoms with Gasteiger partial charge in [-0.25, -0.2) is 5.10 Å². The average Bonchev–Trinajstić information content (AvgIpc) is 2.57. The third-order valence-electron chi connectivity index (χ3n) is 4.17. The molecule has 1 aromatic carbocycles. The van der Waals surface area contributed by atoms with Gasteiger partial charge in [0.2, 0.25) is 0 Å². The van der Waals surface area contributed by atoms with Gasteiger partial charge in [-0.05, 0) is 49.4 Å². The molecule has 1 aromatic heterocycles. The molecule has 2 aromatic rings. The Morgan fingerprint density at radius 2 is 2.00 bits per heavy atom. The number of amides is 1. The summed E-state index contributed by atoms with van der Waals surface area (Å²) in [6.07, 6.45) is 3.87. The minimum atomic E-state index is -0.307. The van der Waals surface area contributed by atoms with Crippen LogP contribution in [0.2, 0.25) is 5.02 Å². The summed E-state index contributed by atoms with van der Waals surface area (Å²) in [6, 6.07) is 10.7. The number of nitrogens with zero attached hydrogens (tertiary/aromatic N) is 2. The molecule has 120 valence electrons. The average molecular weight is 332 g/mol. The van der Waals surface area contributed by atoms with Crippen molar-refractivity contribution in [3.05, 3.63) is 63.0 Å². The lowest BCUT2D eigenvalue weighted by Crippen LogP contribution is -2.45. The summed E-state index contributed by atoms with van der Waals surface area (Å²) in [7, 11) is 0. The molecule has 2 heterocycles. The molecule has 1 unspecified atom stereocenters. The molecule has 23 heavy (non-hydrogen) atoms. The number of carbonyl (C=O) groups is 1. The van der Waals surface area contributed by atoms with E-state index in [-0.39, 0.29) is 23.2 Å². The number of hydrogen-bond donors (Lipinski definition) is 1. The van der Waals surface area contributed by atoms with Crippen LogP contribution in [0.5, 0.6) is 0 Å². The van der Waals surface area contributed by atoms with Gasteiger partial charge in [-0.1, -0.05) is 23.7 Å². The summed E-state index contributed by atoms with van der Waals surface area (Å²) in [6.45, 7) is 0.720. The van der Waals surface area contributed by atoms with Crippen molar-refractivity contribution >= 4 is 17.5 Å². The number of carbonyl (C=O) groups excluding carboxylic acids is 1. The second-order valence-electron chi connectivity index (χ2n) is 5.79. The van der Waals surface area contributed by atoms with Gasteiger partial charge < -0.3 is 4.90 Å². The third kappa shape index (κ3) is 3.79. The molecule has 1 saturated heterocycles. The first-order valence-electron chi connectivity index (χ1n) is 7.74. The van der Waals surface area contributed by atoms with Crippen molar-refractivity contribution < 1.29 is 4.79 Å². The summed E-state index contributed by atoms with van der Waals surface area (Å²) in [4.78, 5) is 25.7. The van der Waals surface area contributed by atoms with Crippen molar-refractivity contribution in [3.63, 3.8) is 0 Å². The molecule has 0 bridgehead atoms. The number of piperidine rings is 1. The summed E-state index contributed by atoms with van der Waals surface area (Å²) >= 11 is 5.92. The zero-order valence-electron chi connectivity index (χ0n) is 12.7. The highest BCUT2D eigenvalue weighted by molar-refractivity contribution is 6.30. The Labute approximate surface area is 139 Å². The number of halogens is 1. The van der Waals surface area contributed by atoms with E-state index in [1.165, 1.54) is 12.1 Å². The molecule has 1 N–H and O–H groups in total. The molecular weight excluding hydrogens is 314 g/mol. The first kappa shape index (κ1) is 15.7. The van der Waals surface area contributed by atoms with Crippen LogP contribution < -0.4 is 5.56 Å². The minimum absolute atomic E-state index is 0.125. The van der Waals surface area contributed by atoms with E-state index in [2.05, 4.69) is 10.2 Å². The van der Waals surface area contributed by atoms with Crippen LogP contribution in [-0.2, 0) is 6.42 Å². The predicted molar refractivity (Wildman–Crippen MR) is 88.7 cm³/mol. The Hall–Kier alpha value is -2.14. The van der Waals surface area contributed by atoms with Crippen molar-refractivity contribution in [2.24, 2.45) is 0 Å². The smallest absolute Gasteiger partial charge is 0.274 e. The Kier molecular flexibility index (Phi) is 4.76. The van der Waals surface area contributed by atoms with Gasteiger partial charge in [0.05, 0.1) is 0 Å². The maximum Gasteiger partial charge on any atom is 0.274 e. The highest BCUT2D eigenvalue weighted by Crippen LogP contribution is 2.23. The molecular formula is C17H18ClN3O2. The van der Waals surface area contributed by atoms with Crippen LogP contribution in [0.4, 0.5) is 0 Å². The Bertz CT molecular complexity index is 722. The van der Waals surface area contributed by atoms with E-state index in [1.54, 1.807) is 0 Å².